The Morgan fingerprint density at radius 3 is 2.31 bits per heavy atom. The summed E-state index contributed by atoms with van der Waals surface area (Å²) in [6.07, 6.45) is 14.5. The first-order valence-electron chi connectivity index (χ1n) is 6.04. The molecule has 1 heteroatoms. The van der Waals surface area contributed by atoms with E-state index < -0.39 is 0 Å². The van der Waals surface area contributed by atoms with Gasteiger partial charge >= 0.3 is 0 Å². The van der Waals surface area contributed by atoms with Crippen LogP contribution in [0.15, 0.2) is 35.5 Å². The molecule has 0 unspecified atom stereocenters. The van der Waals surface area contributed by atoms with Gasteiger partial charge in [0.15, 0.2) is 0 Å². The SMILES string of the molecule is CC(C)=CCC/C(C)=C/C/C=C/CCC=O. The third kappa shape index (κ3) is 11.0. The van der Waals surface area contributed by atoms with E-state index in [9.17, 15) is 4.79 Å². The lowest BCUT2D eigenvalue weighted by molar-refractivity contribution is -0.107. The van der Waals surface area contributed by atoms with E-state index in [2.05, 4.69) is 45.1 Å². The van der Waals surface area contributed by atoms with Crippen molar-refractivity contribution in [3.8, 4) is 0 Å². The molecule has 16 heavy (non-hydrogen) atoms. The first kappa shape index (κ1) is 14.9. The van der Waals surface area contributed by atoms with Gasteiger partial charge in [0, 0.05) is 6.42 Å². The zero-order chi connectivity index (χ0) is 12.2. The molecule has 0 radical (unpaired) electrons. The number of rotatable bonds is 8. The number of unbranched alkanes of at least 4 members (excludes halogenated alkanes) is 1. The van der Waals surface area contributed by atoms with E-state index in [1.807, 2.05) is 0 Å². The minimum atomic E-state index is 0.639. The first-order chi connectivity index (χ1) is 7.66. The fourth-order valence-electron chi connectivity index (χ4n) is 1.34. The van der Waals surface area contributed by atoms with Crippen LogP contribution >= 0.6 is 0 Å². The molecule has 0 aromatic carbocycles. The van der Waals surface area contributed by atoms with Crippen LogP contribution in [0.3, 0.4) is 0 Å². The second-order valence-electron chi connectivity index (χ2n) is 4.32. The lowest BCUT2D eigenvalue weighted by atomic mass is 10.1. The average molecular weight is 220 g/mol. The smallest absolute Gasteiger partial charge is 0.120 e. The van der Waals surface area contributed by atoms with Crippen molar-refractivity contribution >= 4 is 6.29 Å². The molecule has 0 aliphatic carbocycles. The number of allylic oxidation sites excluding steroid dienone is 6. The predicted octanol–water partition coefficient (Wildman–Crippen LogP) is 4.60. The molecule has 0 aromatic heterocycles. The zero-order valence-electron chi connectivity index (χ0n) is 10.8. The molecule has 0 aliphatic rings. The molecule has 0 spiro atoms. The Bertz CT molecular complexity index is 265. The number of hydrogen-bond donors (Lipinski definition) is 0. The van der Waals surface area contributed by atoms with Gasteiger partial charge in [0.1, 0.15) is 6.29 Å². The summed E-state index contributed by atoms with van der Waals surface area (Å²) in [4.78, 5) is 10.1. The zero-order valence-corrected chi connectivity index (χ0v) is 10.8. The number of carbonyl (C=O) groups excluding carboxylic acids is 1. The summed E-state index contributed by atoms with van der Waals surface area (Å²) < 4.78 is 0. The summed E-state index contributed by atoms with van der Waals surface area (Å²) in [5.74, 6) is 0. The lowest BCUT2D eigenvalue weighted by Gasteiger charge is -1.97. The normalized spacial score (nSPS) is 11.8. The Morgan fingerprint density at radius 1 is 0.938 bits per heavy atom. The number of aldehydes is 1. The van der Waals surface area contributed by atoms with Gasteiger partial charge in [-0.1, -0.05) is 35.5 Å². The Balaban J connectivity index is 3.66. The van der Waals surface area contributed by atoms with Crippen molar-refractivity contribution in [3.63, 3.8) is 0 Å². The van der Waals surface area contributed by atoms with Crippen LogP contribution in [0.5, 0.6) is 0 Å². The largest absolute Gasteiger partial charge is 0.303 e. The van der Waals surface area contributed by atoms with Crippen LogP contribution < -0.4 is 0 Å². The second kappa shape index (κ2) is 10.4. The van der Waals surface area contributed by atoms with Crippen LogP contribution in [-0.2, 0) is 4.79 Å². The third-order valence-corrected chi connectivity index (χ3v) is 2.31. The van der Waals surface area contributed by atoms with Crippen LogP contribution in [0.2, 0.25) is 0 Å². The van der Waals surface area contributed by atoms with Gasteiger partial charge in [0.2, 0.25) is 0 Å². The number of hydrogen-bond acceptors (Lipinski definition) is 1. The van der Waals surface area contributed by atoms with Crippen molar-refractivity contribution in [1.82, 2.24) is 0 Å². The molecule has 0 rings (SSSR count). The van der Waals surface area contributed by atoms with Crippen LogP contribution in [0.25, 0.3) is 0 Å². The van der Waals surface area contributed by atoms with E-state index >= 15 is 0 Å². The topological polar surface area (TPSA) is 17.1 Å². The van der Waals surface area contributed by atoms with E-state index in [1.165, 1.54) is 11.1 Å². The summed E-state index contributed by atoms with van der Waals surface area (Å²) in [6, 6.07) is 0. The highest BCUT2D eigenvalue weighted by Gasteiger charge is 1.87. The maximum atomic E-state index is 10.1. The highest BCUT2D eigenvalue weighted by atomic mass is 16.1. The predicted molar refractivity (Wildman–Crippen MR) is 71.5 cm³/mol. The van der Waals surface area contributed by atoms with E-state index in [1.54, 1.807) is 0 Å². The average Bonchev–Trinajstić information content (AvgIpc) is 2.22. The molecular weight excluding hydrogens is 196 g/mol. The summed E-state index contributed by atoms with van der Waals surface area (Å²) in [6.45, 7) is 6.45. The molecule has 0 N–H and O–H groups in total. The van der Waals surface area contributed by atoms with E-state index in [0.717, 1.165) is 32.0 Å². The van der Waals surface area contributed by atoms with Gasteiger partial charge in [-0.25, -0.2) is 0 Å². The van der Waals surface area contributed by atoms with Gasteiger partial charge in [-0.3, -0.25) is 0 Å². The summed E-state index contributed by atoms with van der Waals surface area (Å²) in [7, 11) is 0. The standard InChI is InChI=1S/C15H24O/c1-14(2)10-9-12-15(3)11-7-5-4-6-8-13-16/h4-5,10-11,13H,6-9,12H2,1-3H3/b5-4+,15-11+. The molecule has 0 aromatic rings. The van der Waals surface area contributed by atoms with Crippen molar-refractivity contribution < 1.29 is 4.79 Å². The maximum absolute atomic E-state index is 10.1. The Labute approximate surface area is 99.9 Å². The van der Waals surface area contributed by atoms with Crippen LogP contribution in [0.4, 0.5) is 0 Å². The van der Waals surface area contributed by atoms with Crippen LogP contribution in [0.1, 0.15) is 52.9 Å². The fraction of sp³-hybridized carbons (Fsp3) is 0.533. The molecule has 0 saturated heterocycles. The Hall–Kier alpha value is -1.11. The molecular formula is C15H24O. The summed E-state index contributed by atoms with van der Waals surface area (Å²) in [5.41, 5.74) is 2.83. The first-order valence-corrected chi connectivity index (χ1v) is 6.04. The Morgan fingerprint density at radius 2 is 1.69 bits per heavy atom. The van der Waals surface area contributed by atoms with Crippen LogP contribution in [0, 0.1) is 0 Å². The molecule has 0 bridgehead atoms. The van der Waals surface area contributed by atoms with Gasteiger partial charge in [0.25, 0.3) is 0 Å². The van der Waals surface area contributed by atoms with Crippen molar-refractivity contribution in [3.05, 3.63) is 35.5 Å². The minimum Gasteiger partial charge on any atom is -0.303 e. The fourth-order valence-corrected chi connectivity index (χ4v) is 1.34. The van der Waals surface area contributed by atoms with Gasteiger partial charge in [-0.15, -0.1) is 0 Å². The van der Waals surface area contributed by atoms with Crippen LogP contribution in [-0.4, -0.2) is 6.29 Å². The van der Waals surface area contributed by atoms with E-state index in [0.29, 0.717) is 6.42 Å². The van der Waals surface area contributed by atoms with Gasteiger partial charge in [0.05, 0.1) is 0 Å². The molecule has 90 valence electrons. The molecule has 1 nitrogen and oxygen atoms in total. The molecule has 0 atom stereocenters. The molecule has 0 saturated carbocycles. The molecule has 0 fully saturated rings. The van der Waals surface area contributed by atoms with Gasteiger partial charge in [-0.05, 0) is 46.5 Å². The van der Waals surface area contributed by atoms with Gasteiger partial charge < -0.3 is 4.79 Å². The van der Waals surface area contributed by atoms with Crippen molar-refractivity contribution in [2.24, 2.45) is 0 Å². The lowest BCUT2D eigenvalue weighted by Crippen LogP contribution is -1.77. The van der Waals surface area contributed by atoms with Crippen molar-refractivity contribution in [2.75, 3.05) is 0 Å². The monoisotopic (exact) mass is 220 g/mol. The van der Waals surface area contributed by atoms with Crippen molar-refractivity contribution in [2.45, 2.75) is 52.9 Å². The maximum Gasteiger partial charge on any atom is 0.120 e. The van der Waals surface area contributed by atoms with E-state index in [-0.39, 0.29) is 0 Å². The second-order valence-corrected chi connectivity index (χ2v) is 4.32. The van der Waals surface area contributed by atoms with E-state index in [4.69, 9.17) is 0 Å². The third-order valence-electron chi connectivity index (χ3n) is 2.31. The summed E-state index contributed by atoms with van der Waals surface area (Å²) >= 11 is 0. The number of carbonyl (C=O) groups is 1. The molecule has 0 heterocycles. The van der Waals surface area contributed by atoms with Crippen molar-refractivity contribution in [1.29, 1.82) is 0 Å². The highest BCUT2D eigenvalue weighted by molar-refractivity contribution is 5.49. The minimum absolute atomic E-state index is 0.639. The summed E-state index contributed by atoms with van der Waals surface area (Å²) in [5, 5.41) is 0. The quantitative estimate of drug-likeness (QED) is 0.332. The Kier molecular flexibility index (Phi) is 9.69. The molecule has 0 amide bonds. The van der Waals surface area contributed by atoms with Gasteiger partial charge in [-0.2, -0.15) is 0 Å². The highest BCUT2D eigenvalue weighted by Crippen LogP contribution is 2.07. The molecule has 0 aliphatic heterocycles.